The van der Waals surface area contributed by atoms with Crippen molar-refractivity contribution in [3.63, 3.8) is 0 Å². The van der Waals surface area contributed by atoms with Crippen LogP contribution in [-0.4, -0.2) is 24.5 Å². The number of piperidine rings is 1. The molecule has 0 radical (unpaired) electrons. The van der Waals surface area contributed by atoms with Crippen molar-refractivity contribution in [3.05, 3.63) is 35.9 Å². The van der Waals surface area contributed by atoms with Gasteiger partial charge in [0.1, 0.15) is 0 Å². The third-order valence-electron chi connectivity index (χ3n) is 5.19. The minimum absolute atomic E-state index is 0.107. The molecular weight excluding hydrogens is 260 g/mol. The Hall–Kier alpha value is -1.35. The van der Waals surface area contributed by atoms with Gasteiger partial charge in [0, 0.05) is 5.54 Å². The van der Waals surface area contributed by atoms with Crippen molar-refractivity contribution < 1.29 is 4.79 Å². The Bertz CT molecular complexity index is 459. The molecule has 1 saturated heterocycles. The van der Waals surface area contributed by atoms with E-state index in [-0.39, 0.29) is 16.9 Å². The first-order chi connectivity index (χ1) is 10.1. The summed E-state index contributed by atoms with van der Waals surface area (Å²) in [5.41, 5.74) is 0.667. The third kappa shape index (κ3) is 3.29. The summed E-state index contributed by atoms with van der Waals surface area (Å²) < 4.78 is 0. The smallest absolute Gasteiger partial charge is 0.231 e. The number of nitrogens with one attached hydrogen (secondary N) is 2. The van der Waals surface area contributed by atoms with E-state index in [4.69, 9.17) is 0 Å². The zero-order valence-corrected chi connectivity index (χ0v) is 13.5. The number of hydrogen-bond donors (Lipinski definition) is 2. The second-order valence-corrected chi connectivity index (χ2v) is 6.42. The molecule has 0 atom stereocenters. The summed E-state index contributed by atoms with van der Waals surface area (Å²) in [6.45, 7) is 8.22. The quantitative estimate of drug-likeness (QED) is 0.874. The first kappa shape index (κ1) is 16.0. The van der Waals surface area contributed by atoms with E-state index in [1.165, 1.54) is 0 Å². The van der Waals surface area contributed by atoms with Crippen molar-refractivity contribution in [1.82, 2.24) is 10.6 Å². The van der Waals surface area contributed by atoms with Crippen molar-refractivity contribution in [2.45, 2.75) is 57.4 Å². The van der Waals surface area contributed by atoms with Crippen LogP contribution in [0.5, 0.6) is 0 Å². The minimum atomic E-state index is -0.377. The summed E-state index contributed by atoms with van der Waals surface area (Å²) in [4.78, 5) is 13.1. The van der Waals surface area contributed by atoms with E-state index >= 15 is 0 Å². The van der Waals surface area contributed by atoms with E-state index in [0.29, 0.717) is 0 Å². The second-order valence-electron chi connectivity index (χ2n) is 6.42. The number of rotatable bonds is 5. The van der Waals surface area contributed by atoms with Crippen molar-refractivity contribution >= 4 is 5.91 Å². The van der Waals surface area contributed by atoms with Gasteiger partial charge in [0.15, 0.2) is 0 Å². The fourth-order valence-electron chi connectivity index (χ4n) is 3.08. The molecule has 1 heterocycles. The van der Waals surface area contributed by atoms with E-state index < -0.39 is 0 Å². The van der Waals surface area contributed by atoms with E-state index in [1.54, 1.807) is 0 Å². The van der Waals surface area contributed by atoms with Gasteiger partial charge in [0.2, 0.25) is 5.91 Å². The molecule has 1 amide bonds. The van der Waals surface area contributed by atoms with Crippen LogP contribution >= 0.6 is 0 Å². The molecule has 0 unspecified atom stereocenters. The van der Waals surface area contributed by atoms with Gasteiger partial charge >= 0.3 is 0 Å². The Morgan fingerprint density at radius 2 is 1.76 bits per heavy atom. The Morgan fingerprint density at radius 3 is 2.29 bits per heavy atom. The van der Waals surface area contributed by atoms with Gasteiger partial charge in [-0.3, -0.25) is 4.79 Å². The lowest BCUT2D eigenvalue weighted by Gasteiger charge is -2.40. The molecule has 0 spiro atoms. The Morgan fingerprint density at radius 1 is 1.19 bits per heavy atom. The largest absolute Gasteiger partial charge is 0.350 e. The van der Waals surface area contributed by atoms with Gasteiger partial charge in [-0.15, -0.1) is 0 Å². The molecule has 1 aromatic carbocycles. The molecule has 21 heavy (non-hydrogen) atoms. The van der Waals surface area contributed by atoms with Gasteiger partial charge in [0.25, 0.3) is 0 Å². The molecule has 1 aliphatic rings. The highest BCUT2D eigenvalue weighted by Gasteiger charge is 2.42. The Kier molecular flexibility index (Phi) is 5.04. The van der Waals surface area contributed by atoms with Crippen molar-refractivity contribution in [3.8, 4) is 0 Å². The Labute approximate surface area is 128 Å². The molecule has 2 N–H and O–H groups in total. The van der Waals surface area contributed by atoms with Crippen molar-refractivity contribution in [2.75, 3.05) is 13.1 Å². The summed E-state index contributed by atoms with van der Waals surface area (Å²) in [5, 5.41) is 6.71. The van der Waals surface area contributed by atoms with Gasteiger partial charge in [0.05, 0.1) is 5.41 Å². The average Bonchev–Trinajstić information content (AvgIpc) is 2.56. The number of amides is 1. The van der Waals surface area contributed by atoms with Crippen LogP contribution in [0.2, 0.25) is 0 Å². The summed E-state index contributed by atoms with van der Waals surface area (Å²) >= 11 is 0. The lowest BCUT2D eigenvalue weighted by atomic mass is 9.72. The highest BCUT2D eigenvalue weighted by Crippen LogP contribution is 2.34. The molecular formula is C18H28N2O. The number of carbonyl (C=O) groups is 1. The lowest BCUT2D eigenvalue weighted by Crippen LogP contribution is -2.56. The fourth-order valence-corrected chi connectivity index (χ4v) is 3.08. The van der Waals surface area contributed by atoms with E-state index in [9.17, 15) is 4.79 Å². The molecule has 0 aromatic heterocycles. The molecule has 1 fully saturated rings. The van der Waals surface area contributed by atoms with Crippen LogP contribution in [0.15, 0.2) is 30.3 Å². The molecule has 2 rings (SSSR count). The average molecular weight is 288 g/mol. The maximum atomic E-state index is 13.1. The van der Waals surface area contributed by atoms with Crippen LogP contribution in [0.4, 0.5) is 0 Å². The summed E-state index contributed by atoms with van der Waals surface area (Å²) in [6.07, 6.45) is 3.65. The van der Waals surface area contributed by atoms with Gasteiger partial charge < -0.3 is 10.6 Å². The van der Waals surface area contributed by atoms with Crippen LogP contribution in [0.25, 0.3) is 0 Å². The topological polar surface area (TPSA) is 41.1 Å². The standard InChI is InChI=1S/C18H28N2O/c1-4-17(3,5-2)20-16(21)18(11-13-19-14-12-18)15-9-7-6-8-10-15/h6-10,19H,4-5,11-14H2,1-3H3,(H,20,21). The van der Waals surface area contributed by atoms with Gasteiger partial charge in [-0.2, -0.15) is 0 Å². The van der Waals surface area contributed by atoms with Gasteiger partial charge in [-0.05, 0) is 51.3 Å². The van der Waals surface area contributed by atoms with E-state index in [1.807, 2.05) is 18.2 Å². The molecule has 1 aromatic rings. The second kappa shape index (κ2) is 6.61. The summed E-state index contributed by atoms with van der Waals surface area (Å²) in [5.74, 6) is 0.196. The highest BCUT2D eigenvalue weighted by molar-refractivity contribution is 5.89. The molecule has 0 saturated carbocycles. The third-order valence-corrected chi connectivity index (χ3v) is 5.19. The van der Waals surface area contributed by atoms with Crippen LogP contribution in [0, 0.1) is 0 Å². The number of benzene rings is 1. The first-order valence-electron chi connectivity index (χ1n) is 8.15. The lowest BCUT2D eigenvalue weighted by molar-refractivity contribution is -0.129. The fraction of sp³-hybridized carbons (Fsp3) is 0.611. The minimum Gasteiger partial charge on any atom is -0.350 e. The Balaban J connectivity index is 2.30. The molecule has 1 aliphatic heterocycles. The van der Waals surface area contributed by atoms with Crippen LogP contribution in [0.1, 0.15) is 52.0 Å². The molecule has 3 heteroatoms. The molecule has 116 valence electrons. The summed E-state index contributed by atoms with van der Waals surface area (Å²) in [6, 6.07) is 10.3. The SMILES string of the molecule is CCC(C)(CC)NC(=O)C1(c2ccccc2)CCNCC1. The molecule has 0 aliphatic carbocycles. The maximum absolute atomic E-state index is 13.1. The van der Waals surface area contributed by atoms with Crippen LogP contribution < -0.4 is 10.6 Å². The summed E-state index contributed by atoms with van der Waals surface area (Å²) in [7, 11) is 0. The van der Waals surface area contributed by atoms with E-state index in [2.05, 4.69) is 43.5 Å². The zero-order chi connectivity index (χ0) is 15.3. The van der Waals surface area contributed by atoms with Gasteiger partial charge in [-0.1, -0.05) is 44.2 Å². The number of carbonyl (C=O) groups excluding carboxylic acids is 1. The molecule has 0 bridgehead atoms. The van der Waals surface area contributed by atoms with Crippen molar-refractivity contribution in [2.24, 2.45) is 0 Å². The van der Waals surface area contributed by atoms with Crippen molar-refractivity contribution in [1.29, 1.82) is 0 Å². The monoisotopic (exact) mass is 288 g/mol. The predicted octanol–water partition coefficient (Wildman–Crippen LogP) is 3.00. The number of hydrogen-bond acceptors (Lipinski definition) is 2. The normalized spacial score (nSPS) is 18.2. The first-order valence-corrected chi connectivity index (χ1v) is 8.15. The van der Waals surface area contributed by atoms with Crippen LogP contribution in [0.3, 0.4) is 0 Å². The zero-order valence-electron chi connectivity index (χ0n) is 13.5. The van der Waals surface area contributed by atoms with Gasteiger partial charge in [-0.25, -0.2) is 0 Å². The van der Waals surface area contributed by atoms with Crippen LogP contribution in [-0.2, 0) is 10.2 Å². The maximum Gasteiger partial charge on any atom is 0.231 e. The van der Waals surface area contributed by atoms with E-state index in [0.717, 1.165) is 44.3 Å². The highest BCUT2D eigenvalue weighted by atomic mass is 16.2. The molecule has 3 nitrogen and oxygen atoms in total. The predicted molar refractivity (Wildman–Crippen MR) is 87.4 cm³/mol.